The van der Waals surface area contributed by atoms with E-state index >= 15 is 0 Å². The number of imide groups is 1. The largest absolute Gasteiger partial charge is 0.326 e. The molecule has 0 aliphatic heterocycles. The van der Waals surface area contributed by atoms with Crippen LogP contribution in [0.25, 0.3) is 5.69 Å². The third-order valence-corrected chi connectivity index (χ3v) is 4.43. The number of hydrogen-bond donors (Lipinski definition) is 2. The van der Waals surface area contributed by atoms with Crippen molar-refractivity contribution in [2.75, 3.05) is 5.32 Å². The van der Waals surface area contributed by atoms with Crippen LogP contribution in [-0.2, 0) is 0 Å². The monoisotopic (exact) mass is 436 g/mol. The lowest BCUT2D eigenvalue weighted by Gasteiger charge is -2.09. The van der Waals surface area contributed by atoms with Crippen molar-refractivity contribution in [3.63, 3.8) is 0 Å². The topological polar surface area (TPSA) is 93.1 Å². The van der Waals surface area contributed by atoms with Crippen molar-refractivity contribution in [1.29, 1.82) is 0 Å². The van der Waals surface area contributed by atoms with E-state index in [4.69, 9.17) is 34.8 Å². The Kier molecular flexibility index (Phi) is 5.99. The van der Waals surface area contributed by atoms with Gasteiger partial charge in [0.2, 0.25) is 0 Å². The molecule has 0 spiro atoms. The molecule has 0 atom stereocenters. The average molecular weight is 438 g/mol. The molecule has 0 aliphatic carbocycles. The molecule has 142 valence electrons. The maximum atomic E-state index is 12.2. The zero-order valence-corrected chi connectivity index (χ0v) is 16.2. The molecule has 2 aromatic carbocycles. The van der Waals surface area contributed by atoms with Gasteiger partial charge in [-0.3, -0.25) is 14.9 Å². The summed E-state index contributed by atoms with van der Waals surface area (Å²) in [5.41, 5.74) is 0.0950. The number of nitrogens with one attached hydrogen (secondary N) is 2. The third-order valence-electron chi connectivity index (χ3n) is 3.55. The molecule has 7 nitrogen and oxygen atoms in total. The fourth-order valence-electron chi connectivity index (χ4n) is 2.30. The highest BCUT2D eigenvalue weighted by Crippen LogP contribution is 2.24. The Hall–Kier alpha value is -2.87. The smallest absolute Gasteiger partial charge is 0.306 e. The quantitative estimate of drug-likeness (QED) is 0.643. The highest BCUT2D eigenvalue weighted by molar-refractivity contribution is 6.40. The van der Waals surface area contributed by atoms with Gasteiger partial charge in [-0.2, -0.15) is 9.78 Å². The Bertz CT molecular complexity index is 1090. The van der Waals surface area contributed by atoms with Crippen LogP contribution in [-0.4, -0.2) is 21.7 Å². The van der Waals surface area contributed by atoms with E-state index in [2.05, 4.69) is 15.7 Å². The molecule has 0 unspecified atom stereocenters. The molecule has 10 heteroatoms. The predicted molar refractivity (Wildman–Crippen MR) is 108 cm³/mol. The number of amides is 3. The number of hydrogen-bond acceptors (Lipinski definition) is 4. The molecule has 1 heterocycles. The number of anilines is 1. The number of benzene rings is 2. The van der Waals surface area contributed by atoms with Gasteiger partial charge in [0.1, 0.15) is 0 Å². The van der Waals surface area contributed by atoms with Crippen LogP contribution < -0.4 is 16.2 Å². The predicted octanol–water partition coefficient (Wildman–Crippen LogP) is 4.15. The first-order valence-corrected chi connectivity index (χ1v) is 8.90. The van der Waals surface area contributed by atoms with Crippen LogP contribution in [0.2, 0.25) is 15.1 Å². The molecule has 0 radical (unpaired) electrons. The van der Waals surface area contributed by atoms with Gasteiger partial charge in [0.25, 0.3) is 11.5 Å². The van der Waals surface area contributed by atoms with Crippen LogP contribution in [0.15, 0.2) is 59.5 Å². The number of rotatable bonds is 3. The summed E-state index contributed by atoms with van der Waals surface area (Å²) < 4.78 is 1.13. The first kappa shape index (κ1) is 19.9. The fraction of sp³-hybridized carbons (Fsp3) is 0. The van der Waals surface area contributed by atoms with Gasteiger partial charge < -0.3 is 5.32 Å². The minimum atomic E-state index is -0.869. The maximum absolute atomic E-state index is 12.2. The van der Waals surface area contributed by atoms with Gasteiger partial charge in [0, 0.05) is 11.1 Å². The van der Waals surface area contributed by atoms with Gasteiger partial charge in [-0.25, -0.2) is 4.79 Å². The van der Waals surface area contributed by atoms with Crippen LogP contribution in [0.4, 0.5) is 10.5 Å². The molecule has 3 aromatic rings. The molecular formula is C18H11Cl3N4O3. The normalized spacial score (nSPS) is 10.4. The molecule has 0 fully saturated rings. The molecule has 3 amide bonds. The van der Waals surface area contributed by atoms with Crippen molar-refractivity contribution < 1.29 is 9.59 Å². The average Bonchev–Trinajstić information content (AvgIpc) is 2.62. The number of nitrogens with zero attached hydrogens (tertiary/aromatic N) is 2. The Morgan fingerprint density at radius 2 is 1.61 bits per heavy atom. The van der Waals surface area contributed by atoms with Gasteiger partial charge in [-0.05, 0) is 36.4 Å². The first-order valence-electron chi connectivity index (χ1n) is 7.77. The summed E-state index contributed by atoms with van der Waals surface area (Å²) in [4.78, 5) is 36.5. The number of carbonyl (C=O) groups is 2. The van der Waals surface area contributed by atoms with E-state index in [9.17, 15) is 14.4 Å². The van der Waals surface area contributed by atoms with Crippen molar-refractivity contribution in [2.45, 2.75) is 0 Å². The van der Waals surface area contributed by atoms with Crippen LogP contribution in [0.5, 0.6) is 0 Å². The first-order chi connectivity index (χ1) is 13.3. The SMILES string of the molecule is O=C(NC(=O)c1c(Cl)cccc1Cl)Nc1cnn(-c2ccc(Cl)cc2)c(=O)c1. The number of urea groups is 1. The molecule has 0 saturated carbocycles. The second-order valence-corrected chi connectivity index (χ2v) is 6.73. The Morgan fingerprint density at radius 3 is 2.21 bits per heavy atom. The number of carbonyl (C=O) groups excluding carboxylic acids is 2. The molecule has 0 aliphatic rings. The van der Waals surface area contributed by atoms with E-state index in [1.165, 1.54) is 18.3 Å². The third kappa shape index (κ3) is 4.51. The molecule has 0 saturated heterocycles. The number of aromatic nitrogens is 2. The summed E-state index contributed by atoms with van der Waals surface area (Å²) in [7, 11) is 0. The lowest BCUT2D eigenvalue weighted by Crippen LogP contribution is -2.35. The second kappa shape index (κ2) is 8.43. The van der Waals surface area contributed by atoms with Crippen molar-refractivity contribution >= 4 is 52.4 Å². The van der Waals surface area contributed by atoms with Gasteiger partial charge in [0.15, 0.2) is 0 Å². The van der Waals surface area contributed by atoms with Crippen LogP contribution in [0, 0.1) is 0 Å². The maximum Gasteiger partial charge on any atom is 0.326 e. The number of halogens is 3. The fourth-order valence-corrected chi connectivity index (χ4v) is 2.99. The summed E-state index contributed by atoms with van der Waals surface area (Å²) in [5, 5.41) is 9.16. The molecule has 28 heavy (non-hydrogen) atoms. The standard InChI is InChI=1S/C18H11Cl3N4O3/c19-10-4-6-12(7-5-10)25-15(26)8-11(9-22-25)23-18(28)24-17(27)16-13(20)2-1-3-14(16)21/h1-9H,(H2,23,24,27,28). The molecule has 1 aromatic heterocycles. The van der Waals surface area contributed by atoms with Crippen LogP contribution in [0.3, 0.4) is 0 Å². The van der Waals surface area contributed by atoms with E-state index in [1.54, 1.807) is 30.3 Å². The Labute approximate surface area is 173 Å². The van der Waals surface area contributed by atoms with Gasteiger partial charge in [-0.1, -0.05) is 40.9 Å². The minimum Gasteiger partial charge on any atom is -0.306 e. The van der Waals surface area contributed by atoms with Crippen molar-refractivity contribution in [1.82, 2.24) is 15.1 Å². The Morgan fingerprint density at radius 1 is 0.964 bits per heavy atom. The van der Waals surface area contributed by atoms with Crippen LogP contribution in [0.1, 0.15) is 10.4 Å². The summed E-state index contributed by atoms with van der Waals surface area (Å²) in [5.74, 6) is -0.782. The molecule has 0 bridgehead atoms. The van der Waals surface area contributed by atoms with Gasteiger partial charge in [0.05, 0.1) is 33.2 Å². The summed E-state index contributed by atoms with van der Waals surface area (Å²) in [6.45, 7) is 0. The molecule has 3 rings (SSSR count). The van der Waals surface area contributed by atoms with E-state index in [0.29, 0.717) is 10.7 Å². The van der Waals surface area contributed by atoms with Crippen LogP contribution >= 0.6 is 34.8 Å². The Balaban J connectivity index is 1.72. The van der Waals surface area contributed by atoms with Crippen molar-refractivity contribution in [3.05, 3.63) is 85.7 Å². The second-order valence-electron chi connectivity index (χ2n) is 5.48. The summed E-state index contributed by atoms with van der Waals surface area (Å²) in [6, 6.07) is 11.3. The highest BCUT2D eigenvalue weighted by atomic mass is 35.5. The lowest BCUT2D eigenvalue weighted by molar-refractivity contribution is 0.0967. The van der Waals surface area contributed by atoms with Gasteiger partial charge in [-0.15, -0.1) is 0 Å². The van der Waals surface area contributed by atoms with E-state index in [1.807, 2.05) is 0 Å². The van der Waals surface area contributed by atoms with E-state index in [-0.39, 0.29) is 21.3 Å². The van der Waals surface area contributed by atoms with Crippen molar-refractivity contribution in [3.8, 4) is 5.69 Å². The highest BCUT2D eigenvalue weighted by Gasteiger charge is 2.17. The van der Waals surface area contributed by atoms with Crippen molar-refractivity contribution in [2.24, 2.45) is 0 Å². The summed E-state index contributed by atoms with van der Waals surface area (Å²) in [6.07, 6.45) is 1.27. The van der Waals surface area contributed by atoms with E-state index < -0.39 is 17.5 Å². The zero-order valence-electron chi connectivity index (χ0n) is 13.9. The van der Waals surface area contributed by atoms with Gasteiger partial charge >= 0.3 is 6.03 Å². The summed E-state index contributed by atoms with van der Waals surface area (Å²) >= 11 is 17.7. The lowest BCUT2D eigenvalue weighted by atomic mass is 10.2. The molecular weight excluding hydrogens is 427 g/mol. The zero-order chi connectivity index (χ0) is 20.3. The minimum absolute atomic E-state index is 0.0303. The van der Waals surface area contributed by atoms with E-state index in [0.717, 1.165) is 10.7 Å². The molecule has 2 N–H and O–H groups in total.